The summed E-state index contributed by atoms with van der Waals surface area (Å²) in [4.78, 5) is 24.1. The van der Waals surface area contributed by atoms with Gasteiger partial charge in [-0.3, -0.25) is 14.9 Å². The Hall–Kier alpha value is -1.10. The molecule has 1 fully saturated rings. The molecule has 0 radical (unpaired) electrons. The fourth-order valence-corrected chi connectivity index (χ4v) is 1.58. The van der Waals surface area contributed by atoms with Crippen LogP contribution in [0.5, 0.6) is 0 Å². The molecule has 0 aromatic rings. The van der Waals surface area contributed by atoms with Gasteiger partial charge < -0.3 is 9.64 Å². The first-order valence-corrected chi connectivity index (χ1v) is 4.69. The normalized spacial score (nSPS) is 26.8. The van der Waals surface area contributed by atoms with Crippen molar-refractivity contribution in [1.82, 2.24) is 10.2 Å². The molecule has 1 heterocycles. The Kier molecular flexibility index (Phi) is 3.46. The number of ether oxygens (including phenoxy) is 1. The number of hydrogen-bond acceptors (Lipinski definition) is 4. The molecule has 0 spiro atoms. The molecule has 0 aromatic carbocycles. The number of methoxy groups -OCH3 is 1. The third-order valence-corrected chi connectivity index (χ3v) is 2.40. The zero-order valence-corrected chi connectivity index (χ0v) is 8.74. The molecule has 1 saturated heterocycles. The molecular weight excluding hydrogens is 184 g/mol. The number of nitrogens with one attached hydrogen (secondary N) is 1. The highest BCUT2D eigenvalue weighted by atomic mass is 16.5. The molecule has 5 heteroatoms. The van der Waals surface area contributed by atoms with Crippen LogP contribution in [0.25, 0.3) is 0 Å². The lowest BCUT2D eigenvalue weighted by Gasteiger charge is -2.19. The maximum atomic E-state index is 11.5. The summed E-state index contributed by atoms with van der Waals surface area (Å²) in [5.74, 6) is -0.244. The molecule has 0 aromatic heterocycles. The Morgan fingerprint density at radius 2 is 2.21 bits per heavy atom. The highest BCUT2D eigenvalue weighted by molar-refractivity contribution is 5.84. The van der Waals surface area contributed by atoms with Gasteiger partial charge in [-0.15, -0.1) is 0 Å². The van der Waals surface area contributed by atoms with Crippen LogP contribution in [-0.2, 0) is 14.3 Å². The van der Waals surface area contributed by atoms with Crippen molar-refractivity contribution in [2.45, 2.75) is 32.5 Å². The molecule has 1 aliphatic rings. The van der Waals surface area contributed by atoms with Gasteiger partial charge in [0.1, 0.15) is 0 Å². The summed E-state index contributed by atoms with van der Waals surface area (Å²) in [6.07, 6.45) is 0.253. The topological polar surface area (TPSA) is 58.6 Å². The molecule has 14 heavy (non-hydrogen) atoms. The molecule has 1 amide bonds. The van der Waals surface area contributed by atoms with E-state index in [1.54, 1.807) is 4.90 Å². The van der Waals surface area contributed by atoms with Gasteiger partial charge in [0.2, 0.25) is 5.91 Å². The summed E-state index contributed by atoms with van der Waals surface area (Å²) in [6, 6.07) is -0.150. The second-order valence-electron chi connectivity index (χ2n) is 3.42. The second-order valence-corrected chi connectivity index (χ2v) is 3.42. The van der Waals surface area contributed by atoms with E-state index in [-0.39, 0.29) is 30.5 Å². The smallest absolute Gasteiger partial charge is 0.307 e. The predicted molar refractivity (Wildman–Crippen MR) is 50.4 cm³/mol. The molecule has 0 saturated carbocycles. The standard InChI is InChI=1S/C9H16N2O3/c1-6-9(13)11(7(2)10-6)5-4-8(12)14-3/h6-7,10H,4-5H2,1-3H3. The Morgan fingerprint density at radius 1 is 1.57 bits per heavy atom. The van der Waals surface area contributed by atoms with E-state index >= 15 is 0 Å². The van der Waals surface area contributed by atoms with Gasteiger partial charge in [-0.2, -0.15) is 0 Å². The van der Waals surface area contributed by atoms with Crippen molar-refractivity contribution in [3.05, 3.63) is 0 Å². The molecule has 2 atom stereocenters. The minimum atomic E-state index is -0.287. The largest absolute Gasteiger partial charge is 0.469 e. The summed E-state index contributed by atoms with van der Waals surface area (Å²) < 4.78 is 4.51. The number of rotatable bonds is 3. The number of amides is 1. The van der Waals surface area contributed by atoms with Gasteiger partial charge in [-0.25, -0.2) is 0 Å². The van der Waals surface area contributed by atoms with E-state index in [0.29, 0.717) is 6.54 Å². The molecule has 0 bridgehead atoms. The van der Waals surface area contributed by atoms with Gasteiger partial charge in [-0.1, -0.05) is 0 Å². The minimum Gasteiger partial charge on any atom is -0.469 e. The van der Waals surface area contributed by atoms with Crippen LogP contribution in [0, 0.1) is 0 Å². The van der Waals surface area contributed by atoms with E-state index in [0.717, 1.165) is 0 Å². The van der Waals surface area contributed by atoms with Gasteiger partial charge >= 0.3 is 5.97 Å². The average Bonchev–Trinajstić information content (AvgIpc) is 2.39. The molecule has 1 aliphatic heterocycles. The summed E-state index contributed by atoms with van der Waals surface area (Å²) >= 11 is 0. The lowest BCUT2D eigenvalue weighted by molar-refractivity contribution is -0.141. The van der Waals surface area contributed by atoms with E-state index in [1.165, 1.54) is 7.11 Å². The monoisotopic (exact) mass is 200 g/mol. The first-order valence-electron chi connectivity index (χ1n) is 4.69. The average molecular weight is 200 g/mol. The summed E-state index contributed by atoms with van der Waals surface area (Å²) in [5, 5.41) is 3.08. The van der Waals surface area contributed by atoms with Gasteiger partial charge in [0.25, 0.3) is 0 Å². The molecule has 1 rings (SSSR count). The van der Waals surface area contributed by atoms with Crippen molar-refractivity contribution in [3.63, 3.8) is 0 Å². The summed E-state index contributed by atoms with van der Waals surface area (Å²) in [7, 11) is 1.35. The summed E-state index contributed by atoms with van der Waals surface area (Å²) in [6.45, 7) is 4.14. The molecule has 80 valence electrons. The first kappa shape index (κ1) is 11.0. The number of nitrogens with zero attached hydrogens (tertiary/aromatic N) is 1. The zero-order valence-electron chi connectivity index (χ0n) is 8.74. The molecule has 5 nitrogen and oxygen atoms in total. The maximum absolute atomic E-state index is 11.5. The van der Waals surface area contributed by atoms with Crippen molar-refractivity contribution in [2.24, 2.45) is 0 Å². The van der Waals surface area contributed by atoms with E-state index in [4.69, 9.17) is 0 Å². The number of carbonyl (C=O) groups is 2. The van der Waals surface area contributed by atoms with Crippen LogP contribution < -0.4 is 5.32 Å². The van der Waals surface area contributed by atoms with Crippen LogP contribution in [0.1, 0.15) is 20.3 Å². The van der Waals surface area contributed by atoms with E-state index in [1.807, 2.05) is 13.8 Å². The summed E-state index contributed by atoms with van der Waals surface area (Å²) in [5.41, 5.74) is 0. The highest BCUT2D eigenvalue weighted by Crippen LogP contribution is 2.10. The van der Waals surface area contributed by atoms with Crippen molar-refractivity contribution in [2.75, 3.05) is 13.7 Å². The van der Waals surface area contributed by atoms with Gasteiger partial charge in [0, 0.05) is 6.54 Å². The van der Waals surface area contributed by atoms with Crippen LogP contribution in [0.15, 0.2) is 0 Å². The zero-order chi connectivity index (χ0) is 10.7. The Balaban J connectivity index is 2.44. The third-order valence-electron chi connectivity index (χ3n) is 2.40. The number of carbonyl (C=O) groups excluding carboxylic acids is 2. The van der Waals surface area contributed by atoms with Gasteiger partial charge in [0.15, 0.2) is 0 Å². The third kappa shape index (κ3) is 2.23. The van der Waals surface area contributed by atoms with Crippen molar-refractivity contribution < 1.29 is 14.3 Å². The Labute approximate surface area is 83.4 Å². The predicted octanol–water partition coefficient (Wildman–Crippen LogP) is -0.284. The van der Waals surface area contributed by atoms with E-state index in [2.05, 4.69) is 10.1 Å². The van der Waals surface area contributed by atoms with E-state index in [9.17, 15) is 9.59 Å². The lowest BCUT2D eigenvalue weighted by Crippen LogP contribution is -2.36. The fraction of sp³-hybridized carbons (Fsp3) is 0.778. The molecule has 0 aliphatic carbocycles. The lowest BCUT2D eigenvalue weighted by atomic mass is 10.3. The molecule has 1 N–H and O–H groups in total. The highest BCUT2D eigenvalue weighted by Gasteiger charge is 2.33. The molecular formula is C9H16N2O3. The first-order chi connectivity index (χ1) is 6.56. The second kappa shape index (κ2) is 4.41. The van der Waals surface area contributed by atoms with Crippen LogP contribution in [0.2, 0.25) is 0 Å². The SMILES string of the molecule is COC(=O)CCN1C(=O)C(C)NC1C. The van der Waals surface area contributed by atoms with Crippen molar-refractivity contribution in [3.8, 4) is 0 Å². The van der Waals surface area contributed by atoms with Crippen LogP contribution in [0.4, 0.5) is 0 Å². The number of esters is 1. The quantitative estimate of drug-likeness (QED) is 0.636. The Morgan fingerprint density at radius 3 is 2.64 bits per heavy atom. The minimum absolute atomic E-state index is 0.00200. The van der Waals surface area contributed by atoms with Crippen molar-refractivity contribution in [1.29, 1.82) is 0 Å². The fourth-order valence-electron chi connectivity index (χ4n) is 1.58. The van der Waals surface area contributed by atoms with Crippen molar-refractivity contribution >= 4 is 11.9 Å². The Bertz CT molecular complexity index is 242. The molecule has 2 unspecified atom stereocenters. The van der Waals surface area contributed by atoms with Crippen LogP contribution in [0.3, 0.4) is 0 Å². The maximum Gasteiger partial charge on any atom is 0.307 e. The number of hydrogen-bond donors (Lipinski definition) is 1. The van der Waals surface area contributed by atoms with Gasteiger partial charge in [-0.05, 0) is 13.8 Å². The van der Waals surface area contributed by atoms with Crippen LogP contribution in [-0.4, -0.2) is 42.6 Å². The van der Waals surface area contributed by atoms with E-state index < -0.39 is 0 Å². The van der Waals surface area contributed by atoms with Crippen LogP contribution >= 0.6 is 0 Å². The van der Waals surface area contributed by atoms with Gasteiger partial charge in [0.05, 0.1) is 25.7 Å².